The van der Waals surface area contributed by atoms with Crippen molar-refractivity contribution in [2.45, 2.75) is 6.92 Å². The van der Waals surface area contributed by atoms with E-state index in [1.54, 1.807) is 55.7 Å². The first-order chi connectivity index (χ1) is 19.1. The maximum Gasteiger partial charge on any atom is 0.348 e. The lowest BCUT2D eigenvalue weighted by Crippen LogP contribution is -2.09. The van der Waals surface area contributed by atoms with Crippen molar-refractivity contribution in [3.05, 3.63) is 120 Å². The van der Waals surface area contributed by atoms with E-state index in [0.29, 0.717) is 51.7 Å². The predicted octanol–water partition coefficient (Wildman–Crippen LogP) is 7.62. The van der Waals surface area contributed by atoms with Gasteiger partial charge in [-0.1, -0.05) is 48.5 Å². The number of ketones is 1. The molecule has 0 aliphatic carbocycles. The zero-order chi connectivity index (χ0) is 27.2. The van der Waals surface area contributed by atoms with E-state index in [1.807, 2.05) is 61.5 Å². The molecule has 6 nitrogen and oxygen atoms in total. The summed E-state index contributed by atoms with van der Waals surface area (Å²) in [6, 6.07) is 28.6. The Balaban J connectivity index is 1.40. The second-order valence-corrected chi connectivity index (χ2v) is 8.62. The zero-order valence-electron chi connectivity index (χ0n) is 21.5. The Labute approximate surface area is 226 Å². The van der Waals surface area contributed by atoms with E-state index in [-0.39, 0.29) is 5.78 Å². The highest BCUT2D eigenvalue weighted by atomic mass is 16.5. The smallest absolute Gasteiger partial charge is 0.348 e. The van der Waals surface area contributed by atoms with Crippen LogP contribution in [-0.4, -0.2) is 25.5 Å². The Morgan fingerprint density at radius 2 is 1.56 bits per heavy atom. The number of carbonyl (C=O) groups is 2. The van der Waals surface area contributed by atoms with Crippen molar-refractivity contribution < 1.29 is 28.2 Å². The number of methoxy groups -OCH3 is 1. The van der Waals surface area contributed by atoms with E-state index in [0.717, 1.165) is 11.1 Å². The van der Waals surface area contributed by atoms with Crippen molar-refractivity contribution in [1.29, 1.82) is 0 Å². The quantitative estimate of drug-likeness (QED) is 0.0865. The molecule has 5 aromatic rings. The first kappa shape index (κ1) is 25.5. The fourth-order valence-electron chi connectivity index (χ4n) is 4.24. The third kappa shape index (κ3) is 5.60. The van der Waals surface area contributed by atoms with Gasteiger partial charge in [0.1, 0.15) is 34.2 Å². The van der Waals surface area contributed by atoms with E-state index in [9.17, 15) is 9.59 Å². The minimum Gasteiger partial charge on any atom is -0.496 e. The molecular formula is C33H26O6. The second kappa shape index (κ2) is 11.5. The van der Waals surface area contributed by atoms with Crippen LogP contribution in [0.2, 0.25) is 0 Å². The number of carbonyl (C=O) groups excluding carboxylic acids is 2. The molecule has 0 spiro atoms. The van der Waals surface area contributed by atoms with Crippen LogP contribution in [0.5, 0.6) is 17.2 Å². The fourth-order valence-corrected chi connectivity index (χ4v) is 4.24. The van der Waals surface area contributed by atoms with Gasteiger partial charge in [0.2, 0.25) is 0 Å². The van der Waals surface area contributed by atoms with Crippen LogP contribution in [0.25, 0.3) is 28.4 Å². The summed E-state index contributed by atoms with van der Waals surface area (Å²) in [5, 5.41) is 0.595. The van der Waals surface area contributed by atoms with Crippen LogP contribution >= 0.6 is 0 Å². The summed E-state index contributed by atoms with van der Waals surface area (Å²) in [6.45, 7) is 2.39. The zero-order valence-corrected chi connectivity index (χ0v) is 21.5. The average Bonchev–Trinajstić information content (AvgIpc) is 3.36. The molecule has 4 aromatic carbocycles. The molecule has 0 radical (unpaired) electrons. The standard InChI is InChI=1S/C33H26O6/c1-3-37-26-18-20-30-27(21-26)31(32(39-30)24-10-5-4-6-11-24)33(35)38-25-16-13-22(14-17-25)28(34)19-15-23-9-7-8-12-29(23)36-2/h4-21H,3H2,1-2H3/b19-15+. The van der Waals surface area contributed by atoms with Gasteiger partial charge in [0.25, 0.3) is 0 Å². The monoisotopic (exact) mass is 518 g/mol. The number of allylic oxidation sites excluding steroid dienone is 1. The molecule has 5 rings (SSSR count). The molecule has 0 saturated carbocycles. The molecule has 0 saturated heterocycles. The Morgan fingerprint density at radius 3 is 2.31 bits per heavy atom. The molecule has 0 atom stereocenters. The minimum absolute atomic E-state index is 0.186. The van der Waals surface area contributed by atoms with Crippen LogP contribution in [0.1, 0.15) is 33.2 Å². The maximum atomic E-state index is 13.5. The van der Waals surface area contributed by atoms with Gasteiger partial charge in [0.15, 0.2) is 5.78 Å². The lowest BCUT2D eigenvalue weighted by molar-refractivity contribution is 0.0737. The largest absolute Gasteiger partial charge is 0.496 e. The molecule has 39 heavy (non-hydrogen) atoms. The second-order valence-electron chi connectivity index (χ2n) is 8.62. The Hall–Kier alpha value is -5.10. The number of ether oxygens (including phenoxy) is 3. The van der Waals surface area contributed by atoms with Gasteiger partial charge in [-0.05, 0) is 67.6 Å². The van der Waals surface area contributed by atoms with Crippen LogP contribution < -0.4 is 14.2 Å². The van der Waals surface area contributed by atoms with Crippen molar-refractivity contribution in [2.75, 3.05) is 13.7 Å². The molecule has 1 aromatic heterocycles. The SMILES string of the molecule is CCOc1ccc2oc(-c3ccccc3)c(C(=O)Oc3ccc(C(=O)/C=C/c4ccccc4OC)cc3)c2c1. The van der Waals surface area contributed by atoms with Crippen LogP contribution in [0, 0.1) is 0 Å². The van der Waals surface area contributed by atoms with Crippen molar-refractivity contribution in [2.24, 2.45) is 0 Å². The lowest BCUT2D eigenvalue weighted by Gasteiger charge is -2.07. The molecular weight excluding hydrogens is 492 g/mol. The van der Waals surface area contributed by atoms with E-state index < -0.39 is 5.97 Å². The van der Waals surface area contributed by atoms with Gasteiger partial charge in [-0.2, -0.15) is 0 Å². The Bertz CT molecular complexity index is 1650. The highest BCUT2D eigenvalue weighted by Crippen LogP contribution is 2.36. The summed E-state index contributed by atoms with van der Waals surface area (Å²) in [7, 11) is 1.58. The Kier molecular flexibility index (Phi) is 7.55. The highest BCUT2D eigenvalue weighted by molar-refractivity contribution is 6.10. The molecule has 1 heterocycles. The van der Waals surface area contributed by atoms with Gasteiger partial charge in [0, 0.05) is 22.1 Å². The highest BCUT2D eigenvalue weighted by Gasteiger charge is 2.24. The fraction of sp³-hybridized carbons (Fsp3) is 0.0909. The number of hydrogen-bond acceptors (Lipinski definition) is 6. The van der Waals surface area contributed by atoms with E-state index in [4.69, 9.17) is 18.6 Å². The van der Waals surface area contributed by atoms with E-state index in [2.05, 4.69) is 0 Å². The molecule has 0 amide bonds. The molecule has 0 N–H and O–H groups in total. The van der Waals surface area contributed by atoms with E-state index >= 15 is 0 Å². The summed E-state index contributed by atoms with van der Waals surface area (Å²) < 4.78 is 22.8. The van der Waals surface area contributed by atoms with Gasteiger partial charge in [-0.3, -0.25) is 4.79 Å². The van der Waals surface area contributed by atoms with Crippen LogP contribution in [0.3, 0.4) is 0 Å². The van der Waals surface area contributed by atoms with Gasteiger partial charge in [0.05, 0.1) is 13.7 Å². The van der Waals surface area contributed by atoms with Crippen LogP contribution in [0.4, 0.5) is 0 Å². The number of benzene rings is 4. The summed E-state index contributed by atoms with van der Waals surface area (Å²) in [5.41, 5.74) is 2.86. The van der Waals surface area contributed by atoms with Gasteiger partial charge >= 0.3 is 5.97 Å². The van der Waals surface area contributed by atoms with Crippen molar-refractivity contribution in [3.63, 3.8) is 0 Å². The third-order valence-corrected chi connectivity index (χ3v) is 6.11. The van der Waals surface area contributed by atoms with Gasteiger partial charge < -0.3 is 18.6 Å². The predicted molar refractivity (Wildman–Crippen MR) is 151 cm³/mol. The summed E-state index contributed by atoms with van der Waals surface area (Å²) >= 11 is 0. The number of furan rings is 1. The number of fused-ring (bicyclic) bond motifs is 1. The average molecular weight is 519 g/mol. The molecule has 0 aliphatic rings. The van der Waals surface area contributed by atoms with Gasteiger partial charge in [-0.25, -0.2) is 4.79 Å². The van der Waals surface area contributed by atoms with Crippen LogP contribution in [-0.2, 0) is 0 Å². The molecule has 194 valence electrons. The number of esters is 1. The molecule has 0 bridgehead atoms. The number of para-hydroxylation sites is 1. The summed E-state index contributed by atoms with van der Waals surface area (Å²) in [4.78, 5) is 26.2. The lowest BCUT2D eigenvalue weighted by atomic mass is 10.1. The number of rotatable bonds is 9. The van der Waals surface area contributed by atoms with Crippen molar-refractivity contribution in [1.82, 2.24) is 0 Å². The van der Waals surface area contributed by atoms with E-state index in [1.165, 1.54) is 6.08 Å². The first-order valence-electron chi connectivity index (χ1n) is 12.5. The van der Waals surface area contributed by atoms with Crippen LogP contribution in [0.15, 0.2) is 108 Å². The first-order valence-corrected chi connectivity index (χ1v) is 12.5. The molecule has 0 unspecified atom stereocenters. The third-order valence-electron chi connectivity index (χ3n) is 6.11. The molecule has 6 heteroatoms. The summed E-state index contributed by atoms with van der Waals surface area (Å²) in [5.74, 6) is 1.27. The van der Waals surface area contributed by atoms with Crippen molar-refractivity contribution >= 4 is 28.8 Å². The minimum atomic E-state index is -0.573. The normalized spacial score (nSPS) is 11.0. The van der Waals surface area contributed by atoms with Gasteiger partial charge in [-0.15, -0.1) is 0 Å². The number of hydrogen-bond donors (Lipinski definition) is 0. The molecule has 0 aliphatic heterocycles. The topological polar surface area (TPSA) is 75.0 Å². The Morgan fingerprint density at radius 1 is 0.846 bits per heavy atom. The molecule has 0 fully saturated rings. The van der Waals surface area contributed by atoms with Crippen molar-refractivity contribution in [3.8, 4) is 28.6 Å². The maximum absolute atomic E-state index is 13.5. The summed E-state index contributed by atoms with van der Waals surface area (Å²) in [6.07, 6.45) is 3.19.